The molecule has 2 aliphatic heterocycles. The van der Waals surface area contributed by atoms with Crippen molar-refractivity contribution in [3.8, 4) is 11.1 Å². The van der Waals surface area contributed by atoms with Crippen molar-refractivity contribution >= 4 is 6.09 Å². The van der Waals surface area contributed by atoms with Gasteiger partial charge >= 0.3 is 6.09 Å². The summed E-state index contributed by atoms with van der Waals surface area (Å²) in [6.45, 7) is 1.56. The summed E-state index contributed by atoms with van der Waals surface area (Å²) in [5.41, 5.74) is 5.34. The van der Waals surface area contributed by atoms with E-state index in [-0.39, 0.29) is 24.1 Å². The second-order valence-electron chi connectivity index (χ2n) is 10.9. The van der Waals surface area contributed by atoms with Crippen LogP contribution in [0.25, 0.3) is 11.1 Å². The summed E-state index contributed by atoms with van der Waals surface area (Å²) in [6.07, 6.45) is 4.38. The van der Waals surface area contributed by atoms with Gasteiger partial charge in [0.15, 0.2) is 0 Å². The molecule has 37 heavy (non-hydrogen) atoms. The predicted octanol–water partition coefficient (Wildman–Crippen LogP) is 6.29. The Kier molecular flexibility index (Phi) is 6.74. The van der Waals surface area contributed by atoms with Crippen molar-refractivity contribution in [2.45, 2.75) is 68.7 Å². The Morgan fingerprint density at radius 2 is 1.46 bits per heavy atom. The van der Waals surface area contributed by atoms with Gasteiger partial charge in [-0.2, -0.15) is 0 Å². The van der Waals surface area contributed by atoms with Gasteiger partial charge in [0.25, 0.3) is 0 Å². The van der Waals surface area contributed by atoms with E-state index in [1.807, 2.05) is 23.1 Å². The molecule has 3 aromatic rings. The quantitative estimate of drug-likeness (QED) is 0.372. The molecular weight excluding hydrogens is 462 g/mol. The van der Waals surface area contributed by atoms with Crippen LogP contribution in [-0.4, -0.2) is 47.0 Å². The third-order valence-corrected chi connectivity index (χ3v) is 8.44. The van der Waals surface area contributed by atoms with Crippen molar-refractivity contribution in [3.05, 3.63) is 95.6 Å². The summed E-state index contributed by atoms with van der Waals surface area (Å²) >= 11 is 0. The molecule has 0 saturated carbocycles. The summed E-state index contributed by atoms with van der Waals surface area (Å²) in [5.74, 6) is 0.0617. The average molecular weight is 498 g/mol. The normalized spacial score (nSPS) is 24.1. The Morgan fingerprint density at radius 3 is 2.11 bits per heavy atom. The number of piperidine rings is 1. The Labute approximate surface area is 219 Å². The topological polar surface area (TPSA) is 59.0 Å². The number of carbonyl (C=O) groups excluding carboxylic acids is 1. The van der Waals surface area contributed by atoms with Crippen LogP contribution >= 0.6 is 0 Å². The van der Waals surface area contributed by atoms with Crippen molar-refractivity contribution < 1.29 is 19.4 Å². The molecule has 2 unspecified atom stereocenters. The Bertz CT molecular complexity index is 1180. The summed E-state index contributed by atoms with van der Waals surface area (Å²) in [6, 6.07) is 27.1. The summed E-state index contributed by atoms with van der Waals surface area (Å²) in [4.78, 5) is 15.2. The molecule has 2 bridgehead atoms. The predicted molar refractivity (Wildman–Crippen MR) is 143 cm³/mol. The molecule has 0 radical (unpaired) electrons. The number of benzene rings is 3. The van der Waals surface area contributed by atoms with Gasteiger partial charge in [0, 0.05) is 24.6 Å². The van der Waals surface area contributed by atoms with Crippen LogP contribution in [0.5, 0.6) is 0 Å². The van der Waals surface area contributed by atoms with E-state index in [9.17, 15) is 9.90 Å². The first-order chi connectivity index (χ1) is 18.1. The minimum atomic E-state index is -0.734. The summed E-state index contributed by atoms with van der Waals surface area (Å²) in [5, 5.41) is 11.4. The zero-order valence-electron chi connectivity index (χ0n) is 21.2. The average Bonchev–Trinajstić information content (AvgIpc) is 3.40. The van der Waals surface area contributed by atoms with Crippen molar-refractivity contribution in [2.75, 3.05) is 13.2 Å². The summed E-state index contributed by atoms with van der Waals surface area (Å²) in [7, 11) is 0. The SMILES string of the molecule is O=C(OCC1c2ccccc2-c2ccccc21)N1C2CCC1CC(O)(CCCOCc1ccccc1)C2. The van der Waals surface area contributed by atoms with Gasteiger partial charge in [0.2, 0.25) is 0 Å². The standard InChI is InChI=1S/C32H35NO4/c34-31(37-22-30-28-13-6-4-11-26(28)27-12-5-7-14-29(27)30)33-24-15-16-25(33)20-32(35,19-24)17-8-18-36-21-23-9-2-1-3-10-23/h1-7,9-14,24-25,30,35H,8,15-22H2. The Morgan fingerprint density at radius 1 is 0.865 bits per heavy atom. The fourth-order valence-corrected chi connectivity index (χ4v) is 6.76. The molecule has 2 heterocycles. The monoisotopic (exact) mass is 497 g/mol. The number of rotatable bonds is 8. The third-order valence-electron chi connectivity index (χ3n) is 8.44. The molecule has 0 spiro atoms. The molecular formula is C32H35NO4. The Hall–Kier alpha value is -3.15. The maximum atomic E-state index is 13.3. The first-order valence-corrected chi connectivity index (χ1v) is 13.6. The van der Waals surface area contributed by atoms with Gasteiger partial charge in [-0.1, -0.05) is 78.9 Å². The highest BCUT2D eigenvalue weighted by Gasteiger charge is 2.49. The van der Waals surface area contributed by atoms with Crippen LogP contribution in [0.3, 0.4) is 0 Å². The van der Waals surface area contributed by atoms with Gasteiger partial charge in [-0.25, -0.2) is 4.79 Å². The number of aliphatic hydroxyl groups is 1. The minimum Gasteiger partial charge on any atom is -0.448 e. The molecule has 3 aliphatic rings. The molecule has 1 N–H and O–H groups in total. The minimum absolute atomic E-state index is 0.0460. The van der Waals surface area contributed by atoms with Crippen LogP contribution in [0.1, 0.15) is 61.1 Å². The fourth-order valence-electron chi connectivity index (χ4n) is 6.76. The molecule has 5 heteroatoms. The lowest BCUT2D eigenvalue weighted by atomic mass is 9.83. The van der Waals surface area contributed by atoms with Crippen LogP contribution in [0, 0.1) is 0 Å². The molecule has 2 saturated heterocycles. The number of ether oxygens (including phenoxy) is 2. The highest BCUT2D eigenvalue weighted by molar-refractivity contribution is 5.79. The number of fused-ring (bicyclic) bond motifs is 5. The first kappa shape index (κ1) is 24.2. The second kappa shape index (κ2) is 10.3. The number of nitrogens with zero attached hydrogens (tertiary/aromatic N) is 1. The molecule has 3 aromatic carbocycles. The van der Waals surface area contributed by atoms with E-state index in [4.69, 9.17) is 9.47 Å². The number of amides is 1. The van der Waals surface area contributed by atoms with Crippen LogP contribution in [0.4, 0.5) is 4.79 Å². The Balaban J connectivity index is 1.02. The smallest absolute Gasteiger partial charge is 0.410 e. The largest absolute Gasteiger partial charge is 0.448 e. The second-order valence-corrected chi connectivity index (χ2v) is 10.9. The van der Waals surface area contributed by atoms with E-state index in [1.54, 1.807) is 0 Å². The zero-order chi connectivity index (χ0) is 25.2. The van der Waals surface area contributed by atoms with E-state index in [0.29, 0.717) is 39.1 Å². The van der Waals surface area contributed by atoms with Gasteiger partial charge in [-0.15, -0.1) is 0 Å². The van der Waals surface area contributed by atoms with Crippen molar-refractivity contribution in [1.29, 1.82) is 0 Å². The summed E-state index contributed by atoms with van der Waals surface area (Å²) < 4.78 is 11.8. The van der Waals surface area contributed by atoms with Gasteiger partial charge in [0.05, 0.1) is 12.2 Å². The van der Waals surface area contributed by atoms with E-state index < -0.39 is 5.60 Å². The van der Waals surface area contributed by atoms with E-state index in [0.717, 1.165) is 24.8 Å². The lowest BCUT2D eigenvalue weighted by Gasteiger charge is -2.43. The number of carbonyl (C=O) groups is 1. The third kappa shape index (κ3) is 4.90. The molecule has 1 aliphatic carbocycles. The molecule has 0 aromatic heterocycles. The molecule has 2 atom stereocenters. The van der Waals surface area contributed by atoms with Crippen LogP contribution in [0.15, 0.2) is 78.9 Å². The van der Waals surface area contributed by atoms with Crippen LogP contribution in [-0.2, 0) is 16.1 Å². The molecule has 1 amide bonds. The highest BCUT2D eigenvalue weighted by Crippen LogP contribution is 2.46. The fraction of sp³-hybridized carbons (Fsp3) is 0.406. The molecule has 5 nitrogen and oxygen atoms in total. The maximum Gasteiger partial charge on any atom is 0.410 e. The maximum absolute atomic E-state index is 13.3. The van der Waals surface area contributed by atoms with Crippen molar-refractivity contribution in [3.63, 3.8) is 0 Å². The van der Waals surface area contributed by atoms with E-state index in [1.165, 1.54) is 22.3 Å². The van der Waals surface area contributed by atoms with Gasteiger partial charge in [-0.3, -0.25) is 0 Å². The van der Waals surface area contributed by atoms with Gasteiger partial charge in [0.1, 0.15) is 6.61 Å². The molecule has 2 fully saturated rings. The van der Waals surface area contributed by atoms with Crippen LogP contribution in [0.2, 0.25) is 0 Å². The van der Waals surface area contributed by atoms with E-state index >= 15 is 0 Å². The number of hydrogen-bond acceptors (Lipinski definition) is 4. The molecule has 6 rings (SSSR count). The highest BCUT2D eigenvalue weighted by atomic mass is 16.6. The van der Waals surface area contributed by atoms with E-state index in [2.05, 4.69) is 60.7 Å². The van der Waals surface area contributed by atoms with Gasteiger partial charge < -0.3 is 19.5 Å². The van der Waals surface area contributed by atoms with Crippen molar-refractivity contribution in [1.82, 2.24) is 4.90 Å². The van der Waals surface area contributed by atoms with Gasteiger partial charge in [-0.05, 0) is 66.3 Å². The molecule has 192 valence electrons. The number of hydrogen-bond donors (Lipinski definition) is 1. The first-order valence-electron chi connectivity index (χ1n) is 13.6. The lowest BCUT2D eigenvalue weighted by molar-refractivity contribution is -0.0582. The zero-order valence-corrected chi connectivity index (χ0v) is 21.2. The van der Waals surface area contributed by atoms with Crippen LogP contribution < -0.4 is 0 Å². The lowest BCUT2D eigenvalue weighted by Crippen LogP contribution is -2.53. The van der Waals surface area contributed by atoms with Crippen molar-refractivity contribution in [2.24, 2.45) is 0 Å².